The summed E-state index contributed by atoms with van der Waals surface area (Å²) in [5, 5.41) is 11.6. The molecule has 1 aromatic heterocycles. The van der Waals surface area contributed by atoms with Crippen LogP contribution in [-0.2, 0) is 11.2 Å². The molecule has 0 saturated carbocycles. The van der Waals surface area contributed by atoms with Gasteiger partial charge < -0.3 is 14.6 Å². The molecule has 0 bridgehead atoms. The molecule has 1 saturated heterocycles. The van der Waals surface area contributed by atoms with E-state index in [4.69, 9.17) is 4.42 Å². The molecule has 140 valence electrons. The number of nitrogens with one attached hydrogen (secondary N) is 1. The Morgan fingerprint density at radius 3 is 2.58 bits per heavy atom. The van der Waals surface area contributed by atoms with Gasteiger partial charge in [-0.15, -0.1) is 5.10 Å². The van der Waals surface area contributed by atoms with E-state index in [-0.39, 0.29) is 11.9 Å². The number of aromatic nitrogens is 2. The van der Waals surface area contributed by atoms with Gasteiger partial charge in [0.05, 0.1) is 0 Å². The molecule has 26 heavy (non-hydrogen) atoms. The van der Waals surface area contributed by atoms with Gasteiger partial charge in [-0.2, -0.15) is 0 Å². The molecule has 1 aliphatic rings. The summed E-state index contributed by atoms with van der Waals surface area (Å²) in [6.45, 7) is 5.97. The van der Waals surface area contributed by atoms with Crippen molar-refractivity contribution in [2.24, 2.45) is 5.92 Å². The topological polar surface area (TPSA) is 71.3 Å². The van der Waals surface area contributed by atoms with Gasteiger partial charge in [0, 0.05) is 25.9 Å². The fourth-order valence-corrected chi connectivity index (χ4v) is 3.25. The van der Waals surface area contributed by atoms with E-state index in [1.165, 1.54) is 6.42 Å². The maximum absolute atomic E-state index is 12.3. The number of carbonyl (C=O) groups excluding carboxylic acids is 1. The summed E-state index contributed by atoms with van der Waals surface area (Å²) in [4.78, 5) is 14.5. The van der Waals surface area contributed by atoms with Gasteiger partial charge in [0.15, 0.2) is 0 Å². The van der Waals surface area contributed by atoms with Gasteiger partial charge in [0.1, 0.15) is 6.04 Å². The second-order valence-corrected chi connectivity index (χ2v) is 7.38. The van der Waals surface area contributed by atoms with Crippen molar-refractivity contribution in [3.8, 4) is 0 Å². The summed E-state index contributed by atoms with van der Waals surface area (Å²) < 4.78 is 5.95. The third-order valence-corrected chi connectivity index (χ3v) is 4.57. The first-order chi connectivity index (χ1) is 12.6. The van der Waals surface area contributed by atoms with Gasteiger partial charge in [-0.3, -0.25) is 4.79 Å². The van der Waals surface area contributed by atoms with E-state index in [9.17, 15) is 4.79 Å². The van der Waals surface area contributed by atoms with Crippen molar-refractivity contribution in [3.05, 3.63) is 41.8 Å². The van der Waals surface area contributed by atoms with Crippen molar-refractivity contribution in [3.63, 3.8) is 0 Å². The van der Waals surface area contributed by atoms with E-state index in [1.807, 2.05) is 44.2 Å². The summed E-state index contributed by atoms with van der Waals surface area (Å²) in [7, 11) is 0. The zero-order chi connectivity index (χ0) is 18.4. The molecule has 3 rings (SSSR count). The Balaban J connectivity index is 1.75. The van der Waals surface area contributed by atoms with Gasteiger partial charge >= 0.3 is 6.01 Å². The molecule has 1 fully saturated rings. The lowest BCUT2D eigenvalue weighted by atomic mass is 10.0. The van der Waals surface area contributed by atoms with Gasteiger partial charge in [0.2, 0.25) is 11.8 Å². The summed E-state index contributed by atoms with van der Waals surface area (Å²) in [5.74, 6) is 0.796. The van der Waals surface area contributed by atoms with Gasteiger partial charge in [-0.05, 0) is 30.7 Å². The third-order valence-electron chi connectivity index (χ3n) is 4.57. The molecule has 2 aromatic rings. The SMILES string of the molecule is CC(C)CC(=O)N[C@@H](Cc1ccccc1)c1nnc(N2CCCCC2)o1. The largest absolute Gasteiger partial charge is 0.406 e. The normalized spacial score (nSPS) is 15.9. The average molecular weight is 356 g/mol. The first kappa shape index (κ1) is 18.4. The summed E-state index contributed by atoms with van der Waals surface area (Å²) >= 11 is 0. The maximum atomic E-state index is 12.3. The van der Waals surface area contributed by atoms with Gasteiger partial charge in [-0.25, -0.2) is 0 Å². The Morgan fingerprint density at radius 1 is 1.15 bits per heavy atom. The highest BCUT2D eigenvalue weighted by atomic mass is 16.4. The van der Waals surface area contributed by atoms with Crippen LogP contribution in [0.25, 0.3) is 0 Å². The van der Waals surface area contributed by atoms with Crippen molar-refractivity contribution >= 4 is 11.9 Å². The second-order valence-electron chi connectivity index (χ2n) is 7.38. The molecule has 0 unspecified atom stereocenters. The van der Waals surface area contributed by atoms with Gasteiger partial charge in [-0.1, -0.05) is 49.3 Å². The number of hydrogen-bond acceptors (Lipinski definition) is 5. The quantitative estimate of drug-likeness (QED) is 0.822. The van der Waals surface area contributed by atoms with E-state index in [0.29, 0.717) is 30.7 Å². The summed E-state index contributed by atoms with van der Waals surface area (Å²) in [6, 6.07) is 10.3. The number of carbonyl (C=O) groups is 1. The Morgan fingerprint density at radius 2 is 1.88 bits per heavy atom. The lowest BCUT2D eigenvalue weighted by Gasteiger charge is -2.24. The number of piperidine rings is 1. The highest BCUT2D eigenvalue weighted by molar-refractivity contribution is 5.76. The molecule has 0 spiro atoms. The minimum Gasteiger partial charge on any atom is -0.406 e. The van der Waals surface area contributed by atoms with Crippen LogP contribution in [0.15, 0.2) is 34.7 Å². The van der Waals surface area contributed by atoms with Gasteiger partial charge in [0.25, 0.3) is 0 Å². The molecule has 0 aliphatic carbocycles. The number of amides is 1. The molecule has 1 atom stereocenters. The monoisotopic (exact) mass is 356 g/mol. The molecule has 6 nitrogen and oxygen atoms in total. The maximum Gasteiger partial charge on any atom is 0.318 e. The van der Waals surface area contributed by atoms with Crippen LogP contribution in [0.5, 0.6) is 0 Å². The van der Waals surface area contributed by atoms with E-state index in [0.717, 1.165) is 31.5 Å². The molecule has 1 aliphatic heterocycles. The highest BCUT2D eigenvalue weighted by Crippen LogP contribution is 2.23. The molecular formula is C20H28N4O2. The highest BCUT2D eigenvalue weighted by Gasteiger charge is 2.24. The van der Waals surface area contributed by atoms with E-state index in [1.54, 1.807) is 0 Å². The molecular weight excluding hydrogens is 328 g/mol. The van der Waals surface area contributed by atoms with Crippen molar-refractivity contribution in [1.29, 1.82) is 0 Å². The predicted molar refractivity (Wildman–Crippen MR) is 101 cm³/mol. The molecule has 1 aromatic carbocycles. The van der Waals surface area contributed by atoms with Crippen LogP contribution in [0.1, 0.15) is 57.0 Å². The minimum absolute atomic E-state index is 0.0126. The van der Waals surface area contributed by atoms with Crippen LogP contribution in [0.3, 0.4) is 0 Å². The van der Waals surface area contributed by atoms with Crippen LogP contribution in [0.2, 0.25) is 0 Å². The number of anilines is 1. The van der Waals surface area contributed by atoms with Crippen LogP contribution in [0, 0.1) is 5.92 Å². The number of hydrogen-bond donors (Lipinski definition) is 1. The zero-order valence-corrected chi connectivity index (χ0v) is 15.6. The average Bonchev–Trinajstić information content (AvgIpc) is 3.12. The standard InChI is InChI=1S/C20H28N4O2/c1-15(2)13-18(25)21-17(14-16-9-5-3-6-10-16)19-22-23-20(26-19)24-11-7-4-8-12-24/h3,5-6,9-10,15,17H,4,7-8,11-14H2,1-2H3,(H,21,25)/t17-/m0/s1. The Labute approximate surface area is 155 Å². The van der Waals surface area contributed by atoms with Crippen LogP contribution in [0.4, 0.5) is 6.01 Å². The Bertz CT molecular complexity index is 693. The fraction of sp³-hybridized carbons (Fsp3) is 0.550. The lowest BCUT2D eigenvalue weighted by molar-refractivity contribution is -0.122. The Hall–Kier alpha value is -2.37. The lowest BCUT2D eigenvalue weighted by Crippen LogP contribution is -2.31. The third kappa shape index (κ3) is 5.07. The molecule has 2 heterocycles. The number of benzene rings is 1. The van der Waals surface area contributed by atoms with Crippen LogP contribution >= 0.6 is 0 Å². The first-order valence-electron chi connectivity index (χ1n) is 9.53. The van der Waals surface area contributed by atoms with Crippen LogP contribution < -0.4 is 10.2 Å². The first-order valence-corrected chi connectivity index (χ1v) is 9.53. The van der Waals surface area contributed by atoms with Crippen molar-refractivity contribution in [1.82, 2.24) is 15.5 Å². The molecule has 1 amide bonds. The zero-order valence-electron chi connectivity index (χ0n) is 15.6. The van der Waals surface area contributed by atoms with E-state index >= 15 is 0 Å². The van der Waals surface area contributed by atoms with E-state index < -0.39 is 0 Å². The van der Waals surface area contributed by atoms with E-state index in [2.05, 4.69) is 20.4 Å². The van der Waals surface area contributed by atoms with Crippen molar-refractivity contribution in [2.45, 2.75) is 52.0 Å². The summed E-state index contributed by atoms with van der Waals surface area (Å²) in [6.07, 6.45) is 4.66. The fourth-order valence-electron chi connectivity index (χ4n) is 3.25. The number of nitrogens with zero attached hydrogens (tertiary/aromatic N) is 3. The van der Waals surface area contributed by atoms with Crippen LogP contribution in [-0.4, -0.2) is 29.2 Å². The second kappa shape index (κ2) is 8.83. The van der Waals surface area contributed by atoms with Crippen molar-refractivity contribution < 1.29 is 9.21 Å². The molecule has 6 heteroatoms. The smallest absolute Gasteiger partial charge is 0.318 e. The molecule has 0 radical (unpaired) electrons. The summed E-state index contributed by atoms with van der Waals surface area (Å²) in [5.41, 5.74) is 1.13. The minimum atomic E-state index is -0.310. The molecule has 1 N–H and O–H groups in total. The Kier molecular flexibility index (Phi) is 6.26. The van der Waals surface area contributed by atoms with Crippen molar-refractivity contribution in [2.75, 3.05) is 18.0 Å². The predicted octanol–water partition coefficient (Wildman–Crippen LogP) is 3.51. The number of rotatable bonds is 7.